The van der Waals surface area contributed by atoms with E-state index < -0.39 is 12.1 Å². The SMILES string of the molecule is CCCOC(=O)c1ccc(Oc2coc3cc(OC(=O)N(CC)CC)ccc3c2=O)cc1. The van der Waals surface area contributed by atoms with Gasteiger partial charge in [0.1, 0.15) is 23.3 Å². The van der Waals surface area contributed by atoms with Gasteiger partial charge < -0.3 is 23.5 Å². The molecule has 1 amide bonds. The van der Waals surface area contributed by atoms with E-state index in [0.29, 0.717) is 31.0 Å². The van der Waals surface area contributed by atoms with E-state index in [9.17, 15) is 14.4 Å². The molecule has 0 fully saturated rings. The first kappa shape index (κ1) is 22.9. The van der Waals surface area contributed by atoms with E-state index in [1.807, 2.05) is 20.8 Å². The molecule has 1 heterocycles. The van der Waals surface area contributed by atoms with E-state index in [4.69, 9.17) is 18.6 Å². The van der Waals surface area contributed by atoms with Crippen LogP contribution >= 0.6 is 0 Å². The molecule has 1 aromatic heterocycles. The second kappa shape index (κ2) is 10.5. The van der Waals surface area contributed by atoms with Crippen LogP contribution in [-0.4, -0.2) is 36.7 Å². The Hall–Kier alpha value is -3.81. The van der Waals surface area contributed by atoms with Crippen molar-refractivity contribution in [3.8, 4) is 17.2 Å². The third-order valence-corrected chi connectivity index (χ3v) is 4.70. The van der Waals surface area contributed by atoms with Crippen molar-refractivity contribution >= 4 is 23.0 Å². The fourth-order valence-electron chi connectivity index (χ4n) is 2.94. The van der Waals surface area contributed by atoms with Gasteiger partial charge in [0.15, 0.2) is 0 Å². The Balaban J connectivity index is 1.76. The Morgan fingerprint density at radius 3 is 2.31 bits per heavy atom. The van der Waals surface area contributed by atoms with Gasteiger partial charge in [0, 0.05) is 19.2 Å². The number of hydrogen-bond donors (Lipinski definition) is 0. The number of amides is 1. The third-order valence-electron chi connectivity index (χ3n) is 4.70. The molecule has 0 aliphatic heterocycles. The van der Waals surface area contributed by atoms with Crippen LogP contribution in [0.25, 0.3) is 11.0 Å². The summed E-state index contributed by atoms with van der Waals surface area (Å²) in [5.74, 6) is 0.220. The van der Waals surface area contributed by atoms with Crippen LogP contribution < -0.4 is 14.9 Å². The van der Waals surface area contributed by atoms with Crippen LogP contribution in [0.4, 0.5) is 4.79 Å². The highest BCUT2D eigenvalue weighted by atomic mass is 16.6. The molecule has 3 aromatic rings. The molecular weight excluding hydrogens is 414 g/mol. The minimum absolute atomic E-state index is 0.00769. The van der Waals surface area contributed by atoms with Crippen molar-refractivity contribution in [1.29, 1.82) is 0 Å². The lowest BCUT2D eigenvalue weighted by Gasteiger charge is -2.17. The zero-order valence-corrected chi connectivity index (χ0v) is 18.3. The monoisotopic (exact) mass is 439 g/mol. The molecule has 0 unspecified atom stereocenters. The Morgan fingerprint density at radius 2 is 1.66 bits per heavy atom. The number of ether oxygens (including phenoxy) is 3. The summed E-state index contributed by atoms with van der Waals surface area (Å²) in [6.07, 6.45) is 1.47. The van der Waals surface area contributed by atoms with E-state index in [0.717, 1.165) is 6.42 Å². The standard InChI is InChI=1S/C24H25NO7/c1-4-13-29-23(27)16-7-9-17(10-8-16)31-21-15-30-20-14-18(11-12-19(20)22(21)26)32-24(28)25(5-2)6-3/h7-12,14-15H,4-6,13H2,1-3H3. The topological polar surface area (TPSA) is 95.3 Å². The van der Waals surface area contributed by atoms with Gasteiger partial charge >= 0.3 is 12.1 Å². The molecule has 0 spiro atoms. The number of fused-ring (bicyclic) bond motifs is 1. The molecule has 168 valence electrons. The summed E-state index contributed by atoms with van der Waals surface area (Å²) in [5.41, 5.74) is 0.281. The average Bonchev–Trinajstić information content (AvgIpc) is 2.80. The maximum absolute atomic E-state index is 12.8. The fourth-order valence-corrected chi connectivity index (χ4v) is 2.94. The predicted octanol–water partition coefficient (Wildman–Crippen LogP) is 4.99. The van der Waals surface area contributed by atoms with Gasteiger partial charge in [-0.25, -0.2) is 9.59 Å². The lowest BCUT2D eigenvalue weighted by atomic mass is 10.2. The van der Waals surface area contributed by atoms with Crippen molar-refractivity contribution in [3.05, 3.63) is 64.5 Å². The van der Waals surface area contributed by atoms with Crippen LogP contribution in [0, 0.1) is 0 Å². The van der Waals surface area contributed by atoms with Crippen molar-refractivity contribution in [2.24, 2.45) is 0 Å². The number of nitrogens with zero attached hydrogens (tertiary/aromatic N) is 1. The zero-order chi connectivity index (χ0) is 23.1. The second-order valence-electron chi connectivity index (χ2n) is 6.89. The van der Waals surface area contributed by atoms with Crippen LogP contribution in [0.3, 0.4) is 0 Å². The molecule has 8 heteroatoms. The largest absolute Gasteiger partial charge is 0.462 e. The summed E-state index contributed by atoms with van der Waals surface area (Å²) in [5, 5.41) is 0.282. The molecular formula is C24H25NO7. The first-order chi connectivity index (χ1) is 15.5. The van der Waals surface area contributed by atoms with Gasteiger partial charge in [0.05, 0.1) is 17.6 Å². The Morgan fingerprint density at radius 1 is 0.969 bits per heavy atom. The maximum atomic E-state index is 12.8. The van der Waals surface area contributed by atoms with Gasteiger partial charge in [-0.15, -0.1) is 0 Å². The van der Waals surface area contributed by atoms with Crippen LogP contribution in [-0.2, 0) is 4.74 Å². The van der Waals surface area contributed by atoms with Crippen molar-refractivity contribution in [1.82, 2.24) is 4.90 Å². The number of benzene rings is 2. The van der Waals surface area contributed by atoms with Gasteiger partial charge in [0.25, 0.3) is 0 Å². The number of esters is 1. The summed E-state index contributed by atoms with van der Waals surface area (Å²) in [6.45, 7) is 7.04. The minimum atomic E-state index is -0.473. The molecule has 0 N–H and O–H groups in total. The highest BCUT2D eigenvalue weighted by Gasteiger charge is 2.15. The maximum Gasteiger partial charge on any atom is 0.415 e. The van der Waals surface area contributed by atoms with E-state index >= 15 is 0 Å². The predicted molar refractivity (Wildman–Crippen MR) is 119 cm³/mol. The normalized spacial score (nSPS) is 10.6. The van der Waals surface area contributed by atoms with Crippen molar-refractivity contribution < 1.29 is 28.2 Å². The molecule has 0 saturated heterocycles. The van der Waals surface area contributed by atoms with Gasteiger partial charge in [-0.2, -0.15) is 0 Å². The molecule has 8 nitrogen and oxygen atoms in total. The summed E-state index contributed by atoms with van der Waals surface area (Å²) < 4.78 is 21.6. The zero-order valence-electron chi connectivity index (χ0n) is 18.3. The summed E-state index contributed by atoms with van der Waals surface area (Å²) in [6, 6.07) is 10.8. The lowest BCUT2D eigenvalue weighted by Crippen LogP contribution is -2.33. The van der Waals surface area contributed by atoms with Crippen molar-refractivity contribution in [3.63, 3.8) is 0 Å². The lowest BCUT2D eigenvalue weighted by molar-refractivity contribution is 0.0505. The van der Waals surface area contributed by atoms with E-state index in [-0.39, 0.29) is 27.9 Å². The quantitative estimate of drug-likeness (QED) is 0.456. The summed E-state index contributed by atoms with van der Waals surface area (Å²) in [7, 11) is 0. The van der Waals surface area contributed by atoms with Gasteiger partial charge in [-0.1, -0.05) is 6.92 Å². The van der Waals surface area contributed by atoms with E-state index in [2.05, 4.69) is 0 Å². The molecule has 32 heavy (non-hydrogen) atoms. The summed E-state index contributed by atoms with van der Waals surface area (Å²) in [4.78, 5) is 38.3. The van der Waals surface area contributed by atoms with Gasteiger partial charge in [-0.05, 0) is 56.7 Å². The molecule has 3 rings (SSSR count). The Bertz CT molecular complexity index is 1150. The number of carbonyl (C=O) groups excluding carboxylic acids is 2. The third kappa shape index (κ3) is 5.26. The van der Waals surface area contributed by atoms with Gasteiger partial charge in [0.2, 0.25) is 11.2 Å². The molecule has 0 radical (unpaired) electrons. The highest BCUT2D eigenvalue weighted by Crippen LogP contribution is 2.24. The average molecular weight is 439 g/mol. The first-order valence-electron chi connectivity index (χ1n) is 10.4. The molecule has 0 bridgehead atoms. The summed E-state index contributed by atoms with van der Waals surface area (Å²) >= 11 is 0. The Kier molecular flexibility index (Phi) is 7.49. The van der Waals surface area contributed by atoms with Crippen molar-refractivity contribution in [2.75, 3.05) is 19.7 Å². The highest BCUT2D eigenvalue weighted by molar-refractivity contribution is 5.89. The van der Waals surface area contributed by atoms with Crippen LogP contribution in [0.5, 0.6) is 17.2 Å². The van der Waals surface area contributed by atoms with E-state index in [1.165, 1.54) is 29.4 Å². The Labute approximate surface area is 185 Å². The molecule has 0 atom stereocenters. The minimum Gasteiger partial charge on any atom is -0.462 e. The van der Waals surface area contributed by atoms with Crippen LogP contribution in [0.15, 0.2) is 57.9 Å². The molecule has 2 aromatic carbocycles. The van der Waals surface area contributed by atoms with E-state index in [1.54, 1.807) is 24.3 Å². The second-order valence-corrected chi connectivity index (χ2v) is 6.89. The number of rotatable bonds is 8. The molecule has 0 saturated carbocycles. The number of hydrogen-bond acceptors (Lipinski definition) is 7. The van der Waals surface area contributed by atoms with Gasteiger partial charge in [-0.3, -0.25) is 4.79 Å². The molecule has 0 aliphatic carbocycles. The molecule has 0 aliphatic rings. The smallest absolute Gasteiger partial charge is 0.415 e. The first-order valence-corrected chi connectivity index (χ1v) is 10.4. The fraction of sp³-hybridized carbons (Fsp3) is 0.292. The van der Waals surface area contributed by atoms with Crippen molar-refractivity contribution in [2.45, 2.75) is 27.2 Å². The van der Waals surface area contributed by atoms with Crippen LogP contribution in [0.2, 0.25) is 0 Å². The number of carbonyl (C=O) groups is 2. The van der Waals surface area contributed by atoms with Crippen LogP contribution in [0.1, 0.15) is 37.6 Å².